The average Bonchev–Trinajstić information content (AvgIpc) is 2.74. The van der Waals surface area contributed by atoms with E-state index in [-0.39, 0.29) is 4.90 Å². The fourth-order valence-corrected chi connectivity index (χ4v) is 3.89. The minimum absolute atomic E-state index is 0.290. The van der Waals surface area contributed by atoms with E-state index in [0.29, 0.717) is 18.9 Å². The number of hydrogen-bond acceptors (Lipinski definition) is 5. The third-order valence-electron chi connectivity index (χ3n) is 4.82. The lowest BCUT2D eigenvalue weighted by atomic mass is 10.2. The van der Waals surface area contributed by atoms with E-state index in [1.165, 1.54) is 11.9 Å². The van der Waals surface area contributed by atoms with E-state index in [4.69, 9.17) is 4.74 Å². The Morgan fingerprint density at radius 3 is 2.28 bits per heavy atom. The van der Waals surface area contributed by atoms with Crippen molar-refractivity contribution >= 4 is 21.5 Å². The number of aliphatic imine (C=N–C) groups is 1. The molecule has 0 radical (unpaired) electrons. The number of benzene rings is 2. The van der Waals surface area contributed by atoms with Crippen LogP contribution in [0.25, 0.3) is 0 Å². The Morgan fingerprint density at radius 2 is 1.69 bits per heavy atom. The third-order valence-corrected chi connectivity index (χ3v) is 5.95. The number of rotatable bonds is 6. The number of anilines is 1. The lowest BCUT2D eigenvalue weighted by Crippen LogP contribution is -2.53. The van der Waals surface area contributed by atoms with Gasteiger partial charge in [0.25, 0.3) is 0 Å². The van der Waals surface area contributed by atoms with Crippen molar-refractivity contribution < 1.29 is 13.2 Å². The second-order valence-corrected chi connectivity index (χ2v) is 8.89. The zero-order valence-corrected chi connectivity index (χ0v) is 17.7. The summed E-state index contributed by atoms with van der Waals surface area (Å²) >= 11 is 0. The minimum Gasteiger partial charge on any atom is -0.492 e. The van der Waals surface area contributed by atoms with Gasteiger partial charge in [-0.25, -0.2) is 8.42 Å². The highest BCUT2D eigenvalue weighted by Crippen LogP contribution is 2.16. The van der Waals surface area contributed by atoms with E-state index in [2.05, 4.69) is 44.4 Å². The highest BCUT2D eigenvalue weighted by atomic mass is 32.2. The fraction of sp³-hybridized carbons (Fsp3) is 0.381. The zero-order chi connectivity index (χ0) is 20.7. The van der Waals surface area contributed by atoms with Gasteiger partial charge in [-0.1, -0.05) is 18.2 Å². The number of piperazine rings is 1. The molecule has 156 valence electrons. The number of para-hydroxylation sites is 1. The molecule has 29 heavy (non-hydrogen) atoms. The minimum atomic E-state index is -3.19. The van der Waals surface area contributed by atoms with Crippen molar-refractivity contribution in [3.8, 4) is 5.75 Å². The fourth-order valence-electron chi connectivity index (χ4n) is 3.26. The van der Waals surface area contributed by atoms with E-state index in [9.17, 15) is 8.42 Å². The number of nitrogens with zero attached hydrogens (tertiary/aromatic N) is 3. The van der Waals surface area contributed by atoms with Gasteiger partial charge in [-0.15, -0.1) is 0 Å². The summed E-state index contributed by atoms with van der Waals surface area (Å²) in [5.74, 6) is 1.51. The van der Waals surface area contributed by atoms with Crippen LogP contribution in [-0.4, -0.2) is 71.9 Å². The van der Waals surface area contributed by atoms with Gasteiger partial charge in [0, 0.05) is 45.2 Å². The molecule has 0 atom stereocenters. The van der Waals surface area contributed by atoms with Crippen LogP contribution < -0.4 is 15.0 Å². The number of guanidine groups is 1. The third kappa shape index (κ3) is 5.87. The van der Waals surface area contributed by atoms with Crippen LogP contribution >= 0.6 is 0 Å². The van der Waals surface area contributed by atoms with Crippen molar-refractivity contribution in [2.24, 2.45) is 4.99 Å². The first-order valence-corrected chi connectivity index (χ1v) is 11.5. The second kappa shape index (κ2) is 9.65. The van der Waals surface area contributed by atoms with Gasteiger partial charge in [0.2, 0.25) is 0 Å². The topological polar surface area (TPSA) is 74.2 Å². The van der Waals surface area contributed by atoms with Crippen LogP contribution in [-0.2, 0) is 9.84 Å². The van der Waals surface area contributed by atoms with Crippen LogP contribution in [0, 0.1) is 0 Å². The smallest absolute Gasteiger partial charge is 0.193 e. The largest absolute Gasteiger partial charge is 0.492 e. The summed E-state index contributed by atoms with van der Waals surface area (Å²) in [5, 5.41) is 3.34. The van der Waals surface area contributed by atoms with Gasteiger partial charge < -0.3 is 19.9 Å². The second-order valence-electron chi connectivity index (χ2n) is 6.88. The molecule has 0 unspecified atom stereocenters. The van der Waals surface area contributed by atoms with E-state index in [1.807, 2.05) is 6.07 Å². The molecule has 0 bridgehead atoms. The van der Waals surface area contributed by atoms with Crippen molar-refractivity contribution in [2.75, 3.05) is 57.5 Å². The van der Waals surface area contributed by atoms with Crippen LogP contribution in [0.3, 0.4) is 0 Å². The summed E-state index contributed by atoms with van der Waals surface area (Å²) < 4.78 is 28.7. The Balaban J connectivity index is 1.42. The van der Waals surface area contributed by atoms with Gasteiger partial charge in [0.1, 0.15) is 12.4 Å². The maximum atomic E-state index is 11.5. The Morgan fingerprint density at radius 1 is 1.03 bits per heavy atom. The molecule has 1 N–H and O–H groups in total. The molecule has 1 heterocycles. The summed E-state index contributed by atoms with van der Waals surface area (Å²) in [6.07, 6.45) is 1.19. The Bertz CT molecular complexity index is 907. The number of sulfone groups is 1. The lowest BCUT2D eigenvalue weighted by Gasteiger charge is -2.37. The van der Waals surface area contributed by atoms with E-state index in [0.717, 1.165) is 32.1 Å². The molecule has 3 rings (SSSR count). The molecule has 0 saturated carbocycles. The van der Waals surface area contributed by atoms with Crippen LogP contribution in [0.2, 0.25) is 0 Å². The van der Waals surface area contributed by atoms with Crippen molar-refractivity contribution in [3.63, 3.8) is 0 Å². The van der Waals surface area contributed by atoms with Crippen molar-refractivity contribution in [1.82, 2.24) is 10.2 Å². The van der Waals surface area contributed by atoms with Gasteiger partial charge in [0.15, 0.2) is 15.8 Å². The average molecular weight is 417 g/mol. The molecule has 0 aliphatic carbocycles. The quantitative estimate of drug-likeness (QED) is 0.440. The van der Waals surface area contributed by atoms with Crippen LogP contribution in [0.4, 0.5) is 5.69 Å². The lowest BCUT2D eigenvalue weighted by molar-refractivity contribution is 0.315. The summed E-state index contributed by atoms with van der Waals surface area (Å²) in [6, 6.07) is 16.9. The van der Waals surface area contributed by atoms with Gasteiger partial charge in [-0.3, -0.25) is 4.99 Å². The normalized spacial score (nSPS) is 15.3. The predicted molar refractivity (Wildman–Crippen MR) is 117 cm³/mol. The predicted octanol–water partition coefficient (Wildman–Crippen LogP) is 1.87. The molecule has 2 aromatic rings. The maximum Gasteiger partial charge on any atom is 0.193 e. The standard InChI is InChI=1S/C21H28N4O3S/c1-22-21(25-15-13-24(14-16-25)18-6-4-3-5-7-18)23-12-17-28-19-8-10-20(11-9-19)29(2,26)27/h3-11H,12-17H2,1-2H3,(H,22,23). The molecule has 8 heteroatoms. The Labute approximate surface area is 172 Å². The van der Waals surface area contributed by atoms with Crippen LogP contribution in [0.5, 0.6) is 5.75 Å². The molecule has 1 aliphatic rings. The highest BCUT2D eigenvalue weighted by molar-refractivity contribution is 7.90. The highest BCUT2D eigenvalue weighted by Gasteiger charge is 2.19. The van der Waals surface area contributed by atoms with Crippen LogP contribution in [0.1, 0.15) is 0 Å². The van der Waals surface area contributed by atoms with E-state index in [1.54, 1.807) is 31.3 Å². The van der Waals surface area contributed by atoms with Crippen molar-refractivity contribution in [2.45, 2.75) is 4.90 Å². The van der Waals surface area contributed by atoms with Gasteiger partial charge in [-0.05, 0) is 36.4 Å². The van der Waals surface area contributed by atoms with E-state index < -0.39 is 9.84 Å². The Kier molecular flexibility index (Phi) is 6.98. The molecular weight excluding hydrogens is 388 g/mol. The number of nitrogens with one attached hydrogen (secondary N) is 1. The molecule has 0 amide bonds. The SMILES string of the molecule is CN=C(NCCOc1ccc(S(C)(=O)=O)cc1)N1CCN(c2ccccc2)CC1. The first-order chi connectivity index (χ1) is 14.0. The van der Waals surface area contributed by atoms with Gasteiger partial charge in [-0.2, -0.15) is 0 Å². The molecule has 0 aromatic heterocycles. The van der Waals surface area contributed by atoms with Crippen molar-refractivity contribution in [1.29, 1.82) is 0 Å². The zero-order valence-electron chi connectivity index (χ0n) is 16.9. The summed E-state index contributed by atoms with van der Waals surface area (Å²) in [4.78, 5) is 9.31. The Hall–Kier alpha value is -2.74. The molecule has 2 aromatic carbocycles. The summed E-state index contributed by atoms with van der Waals surface area (Å²) in [7, 11) is -1.40. The van der Waals surface area contributed by atoms with Crippen molar-refractivity contribution in [3.05, 3.63) is 54.6 Å². The number of ether oxygens (including phenoxy) is 1. The first-order valence-electron chi connectivity index (χ1n) is 9.66. The van der Waals surface area contributed by atoms with E-state index >= 15 is 0 Å². The molecule has 7 nitrogen and oxygen atoms in total. The maximum absolute atomic E-state index is 11.5. The monoisotopic (exact) mass is 416 g/mol. The summed E-state index contributed by atoms with van der Waals surface area (Å²) in [5.41, 5.74) is 1.25. The van der Waals surface area contributed by atoms with Gasteiger partial charge in [0.05, 0.1) is 11.4 Å². The molecular formula is C21H28N4O3S. The van der Waals surface area contributed by atoms with Gasteiger partial charge >= 0.3 is 0 Å². The number of hydrogen-bond donors (Lipinski definition) is 1. The molecule has 1 saturated heterocycles. The molecule has 1 fully saturated rings. The molecule has 0 spiro atoms. The first kappa shape index (κ1) is 21.0. The van der Waals surface area contributed by atoms with Crippen LogP contribution in [0.15, 0.2) is 64.5 Å². The summed E-state index contributed by atoms with van der Waals surface area (Å²) in [6.45, 7) is 4.78. The molecule has 1 aliphatic heterocycles.